The SMILES string of the molecule is COC(=O)[C@H](Cc1ccccc1)N=C([O-])OC(C)(C)C.[Li+]. The summed E-state index contributed by atoms with van der Waals surface area (Å²) in [6.07, 6.45) is -0.462. The second kappa shape index (κ2) is 8.76. The first kappa shape index (κ1) is 19.6. The molecule has 0 radical (unpaired) electrons. The van der Waals surface area contributed by atoms with E-state index in [4.69, 9.17) is 4.74 Å². The molecule has 0 unspecified atom stereocenters. The first-order chi connectivity index (χ1) is 9.31. The predicted octanol–water partition coefficient (Wildman–Crippen LogP) is -1.69. The Labute approximate surface area is 137 Å². The van der Waals surface area contributed by atoms with Gasteiger partial charge in [0.25, 0.3) is 0 Å². The smallest absolute Gasteiger partial charge is 0.595 e. The molecule has 0 aliphatic carbocycles. The van der Waals surface area contributed by atoms with Crippen molar-refractivity contribution in [3.8, 4) is 0 Å². The van der Waals surface area contributed by atoms with Crippen molar-refractivity contribution >= 4 is 12.1 Å². The fourth-order valence-corrected chi connectivity index (χ4v) is 1.57. The van der Waals surface area contributed by atoms with Crippen LogP contribution in [0.5, 0.6) is 0 Å². The van der Waals surface area contributed by atoms with E-state index in [2.05, 4.69) is 9.73 Å². The van der Waals surface area contributed by atoms with Crippen LogP contribution in [0.15, 0.2) is 35.3 Å². The standard InChI is InChI=1S/C15H21NO4.Li/c1-15(2,3)20-14(18)16-12(13(17)19-4)10-11-8-6-5-7-9-11;/h5-9,12H,10H2,1-4H3,(H,16,18);/q;+1/p-1/t12-;/m0./s1. The molecule has 5 nitrogen and oxygen atoms in total. The minimum atomic E-state index is -0.891. The first-order valence-corrected chi connectivity index (χ1v) is 6.37. The number of methoxy groups -OCH3 is 1. The maximum atomic E-state index is 11.7. The van der Waals surface area contributed by atoms with E-state index in [9.17, 15) is 9.90 Å². The van der Waals surface area contributed by atoms with Gasteiger partial charge in [-0.25, -0.2) is 4.79 Å². The molecule has 0 saturated carbocycles. The summed E-state index contributed by atoms with van der Waals surface area (Å²) in [6.45, 7) is 5.22. The molecule has 0 heterocycles. The van der Waals surface area contributed by atoms with Gasteiger partial charge in [-0.3, -0.25) is 4.99 Å². The summed E-state index contributed by atoms with van der Waals surface area (Å²) in [5, 5.41) is 11.7. The van der Waals surface area contributed by atoms with E-state index in [0.29, 0.717) is 6.42 Å². The predicted molar refractivity (Wildman–Crippen MR) is 74.2 cm³/mol. The van der Waals surface area contributed by atoms with E-state index < -0.39 is 23.7 Å². The maximum absolute atomic E-state index is 11.7. The number of carbonyl (C=O) groups is 1. The Bertz CT molecular complexity index is 468. The number of hydrogen-bond acceptors (Lipinski definition) is 5. The Morgan fingerprint density at radius 3 is 2.33 bits per heavy atom. The zero-order chi connectivity index (χ0) is 15.2. The monoisotopic (exact) mass is 285 g/mol. The Hall–Kier alpha value is -1.44. The van der Waals surface area contributed by atoms with Crippen molar-refractivity contribution in [1.82, 2.24) is 0 Å². The number of esters is 1. The van der Waals surface area contributed by atoms with Crippen LogP contribution in [-0.4, -0.2) is 30.8 Å². The quantitative estimate of drug-likeness (QED) is 0.286. The molecule has 0 spiro atoms. The normalized spacial score (nSPS) is 13.0. The molecule has 110 valence electrons. The second-order valence-electron chi connectivity index (χ2n) is 5.34. The molecular formula is C15H20LiNO4. The molecule has 21 heavy (non-hydrogen) atoms. The van der Waals surface area contributed by atoms with E-state index >= 15 is 0 Å². The van der Waals surface area contributed by atoms with Crippen LogP contribution >= 0.6 is 0 Å². The third kappa shape index (κ3) is 7.79. The van der Waals surface area contributed by atoms with E-state index in [-0.39, 0.29) is 18.9 Å². The van der Waals surface area contributed by atoms with E-state index in [1.807, 2.05) is 30.3 Å². The zero-order valence-corrected chi connectivity index (χ0v) is 13.3. The molecular weight excluding hydrogens is 265 g/mol. The molecule has 0 saturated heterocycles. The van der Waals surface area contributed by atoms with Crippen LogP contribution in [0.1, 0.15) is 26.3 Å². The molecule has 0 aliphatic rings. The second-order valence-corrected chi connectivity index (χ2v) is 5.34. The van der Waals surface area contributed by atoms with Crippen molar-refractivity contribution in [3.63, 3.8) is 0 Å². The minimum absolute atomic E-state index is 0. The van der Waals surface area contributed by atoms with Gasteiger partial charge in [-0.15, -0.1) is 0 Å². The average Bonchev–Trinajstić information content (AvgIpc) is 2.36. The molecule has 1 atom stereocenters. The van der Waals surface area contributed by atoms with Gasteiger partial charge in [-0.2, -0.15) is 0 Å². The van der Waals surface area contributed by atoms with Gasteiger partial charge < -0.3 is 14.6 Å². The van der Waals surface area contributed by atoms with Crippen molar-refractivity contribution in [3.05, 3.63) is 35.9 Å². The van der Waals surface area contributed by atoms with Crippen molar-refractivity contribution in [2.45, 2.75) is 38.8 Å². The fourth-order valence-electron chi connectivity index (χ4n) is 1.57. The number of carbonyl (C=O) groups excluding carboxylic acids is 1. The number of ether oxygens (including phenoxy) is 2. The summed E-state index contributed by atoms with van der Waals surface area (Å²) < 4.78 is 9.76. The molecule has 0 aromatic heterocycles. The van der Waals surface area contributed by atoms with Crippen LogP contribution in [0, 0.1) is 0 Å². The molecule has 0 fully saturated rings. The fraction of sp³-hybridized carbons (Fsp3) is 0.467. The van der Waals surface area contributed by atoms with Crippen LogP contribution in [-0.2, 0) is 20.7 Å². The summed E-state index contributed by atoms with van der Waals surface area (Å²) in [5.41, 5.74) is 0.253. The molecule has 6 heteroatoms. The zero-order valence-electron chi connectivity index (χ0n) is 13.3. The van der Waals surface area contributed by atoms with Gasteiger partial charge in [0.05, 0.1) is 7.11 Å². The molecule has 1 aromatic carbocycles. The van der Waals surface area contributed by atoms with E-state index in [1.165, 1.54) is 7.11 Å². The van der Waals surface area contributed by atoms with Crippen LogP contribution < -0.4 is 24.0 Å². The summed E-state index contributed by atoms with van der Waals surface area (Å²) >= 11 is 0. The average molecular weight is 285 g/mol. The van der Waals surface area contributed by atoms with Crippen molar-refractivity contribution < 1.29 is 38.2 Å². The van der Waals surface area contributed by atoms with Crippen LogP contribution in [0.3, 0.4) is 0 Å². The maximum Gasteiger partial charge on any atom is 1.00 e. The van der Waals surface area contributed by atoms with E-state index in [0.717, 1.165) is 5.56 Å². The largest absolute Gasteiger partial charge is 1.00 e. The molecule has 1 rings (SSSR count). The Morgan fingerprint density at radius 1 is 1.29 bits per heavy atom. The number of aliphatic imine (C=N–C) groups is 1. The molecule has 0 bridgehead atoms. The number of hydrogen-bond donors (Lipinski definition) is 0. The molecule has 1 aromatic rings. The van der Waals surface area contributed by atoms with Crippen molar-refractivity contribution in [1.29, 1.82) is 0 Å². The van der Waals surface area contributed by atoms with Crippen molar-refractivity contribution in [2.24, 2.45) is 4.99 Å². The van der Waals surface area contributed by atoms with Gasteiger partial charge >= 0.3 is 24.8 Å². The van der Waals surface area contributed by atoms with Crippen LogP contribution in [0.2, 0.25) is 0 Å². The molecule has 0 aliphatic heterocycles. The van der Waals surface area contributed by atoms with E-state index in [1.54, 1.807) is 20.8 Å². The Kier molecular flexibility index (Phi) is 8.16. The number of benzene rings is 1. The van der Waals surface area contributed by atoms with Gasteiger partial charge in [-0.1, -0.05) is 51.1 Å². The van der Waals surface area contributed by atoms with Gasteiger partial charge in [0.15, 0.2) is 6.04 Å². The summed E-state index contributed by atoms with van der Waals surface area (Å²) in [5.74, 6) is -0.556. The number of nitrogens with zero attached hydrogens (tertiary/aromatic N) is 1. The third-order valence-electron chi connectivity index (χ3n) is 2.40. The minimum Gasteiger partial charge on any atom is -0.595 e. The van der Waals surface area contributed by atoms with Crippen LogP contribution in [0.4, 0.5) is 0 Å². The summed E-state index contributed by atoms with van der Waals surface area (Å²) in [7, 11) is 1.27. The number of rotatable bonds is 4. The van der Waals surface area contributed by atoms with Gasteiger partial charge in [0, 0.05) is 12.0 Å². The Morgan fingerprint density at radius 2 is 1.86 bits per heavy atom. The molecule has 0 amide bonds. The third-order valence-corrected chi connectivity index (χ3v) is 2.40. The summed E-state index contributed by atoms with van der Waals surface area (Å²) in [4.78, 5) is 15.5. The molecule has 0 N–H and O–H groups in total. The van der Waals surface area contributed by atoms with Gasteiger partial charge in [0.2, 0.25) is 0 Å². The first-order valence-electron chi connectivity index (χ1n) is 6.37. The topological polar surface area (TPSA) is 71.0 Å². The van der Waals surface area contributed by atoms with Crippen LogP contribution in [0.25, 0.3) is 0 Å². The van der Waals surface area contributed by atoms with Gasteiger partial charge in [0.1, 0.15) is 6.08 Å². The summed E-state index contributed by atoms with van der Waals surface area (Å²) in [6, 6.07) is 8.43. The van der Waals surface area contributed by atoms with Gasteiger partial charge in [-0.05, 0) is 5.56 Å². The van der Waals surface area contributed by atoms with Crippen molar-refractivity contribution in [2.75, 3.05) is 7.11 Å². The Balaban J connectivity index is 0.00000400.